The minimum absolute atomic E-state index is 0.0401. The lowest BCUT2D eigenvalue weighted by Crippen LogP contribution is -2.16. The third kappa shape index (κ3) is 5.02. The highest BCUT2D eigenvalue weighted by Crippen LogP contribution is 2.25. The predicted molar refractivity (Wildman–Crippen MR) is 81.8 cm³/mol. The zero-order chi connectivity index (χ0) is 16.9. The zero-order valence-electron chi connectivity index (χ0n) is 12.5. The number of carbonyl (C=O) groups excluding carboxylic acids is 1. The first-order chi connectivity index (χ1) is 10.9. The highest BCUT2D eigenvalue weighted by atomic mass is 19.4. The second-order valence-electron chi connectivity index (χ2n) is 4.96. The molecule has 0 saturated carbocycles. The maximum absolute atomic E-state index is 12.4. The summed E-state index contributed by atoms with van der Waals surface area (Å²) in [6.45, 7) is 0.389. The lowest BCUT2D eigenvalue weighted by molar-refractivity contribution is -0.125. The Balaban J connectivity index is 2.09. The number of ether oxygens (including phenoxy) is 1. The third-order valence-electron chi connectivity index (χ3n) is 3.23. The first-order valence-corrected chi connectivity index (χ1v) is 6.95. The highest BCUT2D eigenvalue weighted by molar-refractivity contribution is 6.01. The Bertz CT molecular complexity index is 666. The van der Waals surface area contributed by atoms with E-state index in [9.17, 15) is 18.0 Å². The van der Waals surface area contributed by atoms with Crippen LogP contribution >= 0.6 is 0 Å². The lowest BCUT2D eigenvalue weighted by Gasteiger charge is -2.12. The molecule has 0 aliphatic rings. The van der Waals surface area contributed by atoms with Crippen LogP contribution in [0.1, 0.15) is 22.3 Å². The Morgan fingerprint density at radius 1 is 1.09 bits per heavy atom. The molecule has 6 heteroatoms. The van der Waals surface area contributed by atoms with Crippen LogP contribution in [0.5, 0.6) is 5.75 Å². The summed E-state index contributed by atoms with van der Waals surface area (Å²) < 4.78 is 42.2. The average Bonchev–Trinajstić information content (AvgIpc) is 2.52. The number of Topliss-reactive ketones (excluding diaryl/α,β-unsaturated/α-hetero) is 1. The van der Waals surface area contributed by atoms with Crippen LogP contribution in [0.3, 0.4) is 0 Å². The van der Waals surface area contributed by atoms with Crippen LogP contribution < -0.4 is 10.1 Å². The van der Waals surface area contributed by atoms with E-state index in [2.05, 4.69) is 5.32 Å². The number of methoxy groups -OCH3 is 1. The number of carbonyl (C=O) groups is 1. The molecular weight excluding hydrogens is 307 g/mol. The molecule has 2 aromatic rings. The van der Waals surface area contributed by atoms with Crippen LogP contribution in [-0.2, 0) is 6.54 Å². The normalized spacial score (nSPS) is 11.1. The van der Waals surface area contributed by atoms with Crippen LogP contribution in [0.4, 0.5) is 18.9 Å². The van der Waals surface area contributed by atoms with Gasteiger partial charge in [0.1, 0.15) is 12.2 Å². The van der Waals surface area contributed by atoms with Gasteiger partial charge in [-0.25, -0.2) is 0 Å². The van der Waals surface area contributed by atoms with Gasteiger partial charge in [0.15, 0.2) is 5.78 Å². The van der Waals surface area contributed by atoms with E-state index in [0.29, 0.717) is 12.2 Å². The van der Waals surface area contributed by atoms with Gasteiger partial charge in [-0.2, -0.15) is 13.2 Å². The van der Waals surface area contributed by atoms with Crippen molar-refractivity contribution in [2.45, 2.75) is 19.1 Å². The van der Waals surface area contributed by atoms with Crippen LogP contribution in [-0.4, -0.2) is 19.1 Å². The number of hydrogen-bond donors (Lipinski definition) is 1. The minimum Gasteiger partial charge on any atom is -0.497 e. The molecule has 23 heavy (non-hydrogen) atoms. The summed E-state index contributed by atoms with van der Waals surface area (Å²) in [5.74, 6) is -0.232. The molecular formula is C17H16F3NO2. The fourth-order valence-electron chi connectivity index (χ4n) is 2.10. The van der Waals surface area contributed by atoms with Gasteiger partial charge in [-0.3, -0.25) is 4.79 Å². The van der Waals surface area contributed by atoms with E-state index in [-0.39, 0.29) is 5.56 Å². The molecule has 2 rings (SSSR count). The minimum atomic E-state index is -4.51. The standard InChI is InChI=1S/C17H16F3NO2/c1-23-13-8-6-12(7-9-13)11-21-15-5-3-2-4-14(15)16(22)10-17(18,19)20/h2-9,21H,10-11H2,1H3. The molecule has 3 nitrogen and oxygen atoms in total. The van der Waals surface area contributed by atoms with Crippen molar-refractivity contribution in [2.75, 3.05) is 12.4 Å². The molecule has 0 bridgehead atoms. The Morgan fingerprint density at radius 2 is 1.74 bits per heavy atom. The molecule has 0 aliphatic carbocycles. The fourth-order valence-corrected chi connectivity index (χ4v) is 2.10. The molecule has 2 aromatic carbocycles. The Hall–Kier alpha value is -2.50. The number of alkyl halides is 3. The number of hydrogen-bond acceptors (Lipinski definition) is 3. The zero-order valence-corrected chi connectivity index (χ0v) is 12.5. The maximum atomic E-state index is 12.4. The highest BCUT2D eigenvalue weighted by Gasteiger charge is 2.32. The van der Waals surface area contributed by atoms with Gasteiger partial charge < -0.3 is 10.1 Å². The van der Waals surface area contributed by atoms with Gasteiger partial charge in [-0.15, -0.1) is 0 Å². The number of anilines is 1. The number of nitrogens with one attached hydrogen (secondary N) is 1. The van der Waals surface area contributed by atoms with Gasteiger partial charge in [0, 0.05) is 17.8 Å². The first-order valence-electron chi connectivity index (χ1n) is 6.95. The van der Waals surface area contributed by atoms with E-state index in [1.807, 2.05) is 12.1 Å². The second kappa shape index (κ2) is 7.17. The summed E-state index contributed by atoms with van der Waals surface area (Å²) in [5, 5.41) is 3.00. The van der Waals surface area contributed by atoms with Gasteiger partial charge in [-0.1, -0.05) is 24.3 Å². The molecule has 0 atom stereocenters. The molecule has 0 spiro atoms. The monoisotopic (exact) mass is 323 g/mol. The van der Waals surface area contributed by atoms with E-state index >= 15 is 0 Å². The van der Waals surface area contributed by atoms with Crippen LogP contribution in [0, 0.1) is 0 Å². The molecule has 0 aromatic heterocycles. The maximum Gasteiger partial charge on any atom is 0.396 e. The fraction of sp³-hybridized carbons (Fsp3) is 0.235. The number of para-hydroxylation sites is 1. The average molecular weight is 323 g/mol. The van der Waals surface area contributed by atoms with Crippen LogP contribution in [0.2, 0.25) is 0 Å². The molecule has 1 N–H and O–H groups in total. The molecule has 122 valence electrons. The topological polar surface area (TPSA) is 38.3 Å². The summed E-state index contributed by atoms with van der Waals surface area (Å²) in [7, 11) is 1.57. The Kier molecular flexibility index (Phi) is 5.26. The van der Waals surface area contributed by atoms with Gasteiger partial charge in [-0.05, 0) is 29.8 Å². The predicted octanol–water partition coefficient (Wildman–Crippen LogP) is 4.44. The summed E-state index contributed by atoms with van der Waals surface area (Å²) in [6.07, 6.45) is -5.98. The van der Waals surface area contributed by atoms with Gasteiger partial charge in [0.05, 0.1) is 7.11 Å². The lowest BCUT2D eigenvalue weighted by atomic mass is 10.1. The first kappa shape index (κ1) is 16.9. The van der Waals surface area contributed by atoms with Crippen molar-refractivity contribution in [1.82, 2.24) is 0 Å². The van der Waals surface area contributed by atoms with Crippen molar-refractivity contribution in [3.05, 3.63) is 59.7 Å². The summed E-state index contributed by atoms with van der Waals surface area (Å²) in [6, 6.07) is 13.5. The summed E-state index contributed by atoms with van der Waals surface area (Å²) in [4.78, 5) is 11.8. The van der Waals surface area contributed by atoms with Crippen LogP contribution in [0.15, 0.2) is 48.5 Å². The van der Waals surface area contributed by atoms with E-state index in [1.165, 1.54) is 6.07 Å². The Morgan fingerprint density at radius 3 is 2.35 bits per heavy atom. The van der Waals surface area contributed by atoms with Crippen molar-refractivity contribution < 1.29 is 22.7 Å². The SMILES string of the molecule is COc1ccc(CNc2ccccc2C(=O)CC(F)(F)F)cc1. The number of halogens is 3. The molecule has 0 unspecified atom stereocenters. The quantitative estimate of drug-likeness (QED) is 0.799. The molecule has 0 heterocycles. The molecule has 0 saturated heterocycles. The van der Waals surface area contributed by atoms with Crippen molar-refractivity contribution in [3.8, 4) is 5.75 Å². The smallest absolute Gasteiger partial charge is 0.396 e. The summed E-state index contributed by atoms with van der Waals surface area (Å²) >= 11 is 0. The van der Waals surface area contributed by atoms with Crippen molar-refractivity contribution in [2.24, 2.45) is 0 Å². The number of rotatable bonds is 6. The van der Waals surface area contributed by atoms with Crippen LogP contribution in [0.25, 0.3) is 0 Å². The molecule has 0 aliphatic heterocycles. The molecule has 0 amide bonds. The van der Waals surface area contributed by atoms with Gasteiger partial charge in [0.25, 0.3) is 0 Å². The van der Waals surface area contributed by atoms with Crippen molar-refractivity contribution in [3.63, 3.8) is 0 Å². The van der Waals surface area contributed by atoms with Crippen molar-refractivity contribution >= 4 is 11.5 Å². The van der Waals surface area contributed by atoms with E-state index < -0.39 is 18.4 Å². The van der Waals surface area contributed by atoms with Crippen molar-refractivity contribution in [1.29, 1.82) is 0 Å². The molecule has 0 radical (unpaired) electrons. The number of benzene rings is 2. The summed E-state index contributed by atoms with van der Waals surface area (Å²) in [5.41, 5.74) is 1.35. The van der Waals surface area contributed by atoms with Gasteiger partial charge in [0.2, 0.25) is 0 Å². The second-order valence-corrected chi connectivity index (χ2v) is 4.96. The Labute approximate surface area is 132 Å². The third-order valence-corrected chi connectivity index (χ3v) is 3.23. The largest absolute Gasteiger partial charge is 0.497 e. The van der Waals surface area contributed by atoms with E-state index in [1.54, 1.807) is 37.4 Å². The van der Waals surface area contributed by atoms with Gasteiger partial charge >= 0.3 is 6.18 Å². The van der Waals surface area contributed by atoms with E-state index in [0.717, 1.165) is 11.3 Å². The molecule has 0 fully saturated rings. The van der Waals surface area contributed by atoms with E-state index in [4.69, 9.17) is 4.74 Å². The number of ketones is 1.